The number of aromatic nitrogens is 2. The first-order chi connectivity index (χ1) is 9.83. The Hall–Kier alpha value is -2.37. The molecule has 1 aromatic carbocycles. The van der Waals surface area contributed by atoms with Crippen molar-refractivity contribution in [2.45, 2.75) is 13.0 Å². The van der Waals surface area contributed by atoms with Gasteiger partial charge in [0.2, 0.25) is 0 Å². The van der Waals surface area contributed by atoms with Gasteiger partial charge in [-0.1, -0.05) is 0 Å². The number of nitrogens with one attached hydrogen (secondary N) is 1. The number of nitrogen functional groups attached to an aromatic ring is 1. The maximum Gasteiger partial charge on any atom is 0.163 e. The third-order valence-electron chi connectivity index (χ3n) is 3.15. The Bertz CT molecular complexity index is 569. The molecule has 3 N–H and O–H groups in total. The van der Waals surface area contributed by atoms with E-state index in [9.17, 15) is 0 Å². The molecule has 20 heavy (non-hydrogen) atoms. The molecule has 3 rings (SSSR count). The molecule has 2 aromatic rings. The summed E-state index contributed by atoms with van der Waals surface area (Å²) in [5, 5.41) is 7.49. The normalized spacial score (nSPS) is 13.2. The lowest BCUT2D eigenvalue weighted by Crippen LogP contribution is -2.16. The van der Waals surface area contributed by atoms with Gasteiger partial charge >= 0.3 is 0 Å². The molecule has 0 spiro atoms. The second-order valence-corrected chi connectivity index (χ2v) is 4.63. The summed E-state index contributed by atoms with van der Waals surface area (Å²) in [4.78, 5) is 0. The molecule has 0 amide bonds. The molecule has 2 heterocycles. The van der Waals surface area contributed by atoms with Crippen LogP contribution in [0, 0.1) is 0 Å². The summed E-state index contributed by atoms with van der Waals surface area (Å²) in [7, 11) is 0. The Morgan fingerprint density at radius 2 is 2.05 bits per heavy atom. The van der Waals surface area contributed by atoms with Gasteiger partial charge in [0.15, 0.2) is 11.5 Å². The fourth-order valence-electron chi connectivity index (χ4n) is 2.15. The predicted octanol–water partition coefficient (Wildman–Crippen LogP) is 1.74. The molecule has 0 saturated heterocycles. The van der Waals surface area contributed by atoms with Gasteiger partial charge < -0.3 is 20.5 Å². The highest BCUT2D eigenvalue weighted by atomic mass is 16.6. The van der Waals surface area contributed by atoms with Crippen molar-refractivity contribution in [3.8, 4) is 11.5 Å². The van der Waals surface area contributed by atoms with Crippen LogP contribution in [-0.4, -0.2) is 29.5 Å². The molecule has 1 aromatic heterocycles. The van der Waals surface area contributed by atoms with Crippen molar-refractivity contribution in [3.05, 3.63) is 30.6 Å². The van der Waals surface area contributed by atoms with E-state index in [1.54, 1.807) is 6.20 Å². The lowest BCUT2D eigenvalue weighted by Gasteiger charge is -2.20. The van der Waals surface area contributed by atoms with E-state index in [2.05, 4.69) is 10.4 Å². The molecule has 0 saturated carbocycles. The zero-order chi connectivity index (χ0) is 13.8. The number of ether oxygens (including phenoxy) is 2. The first kappa shape index (κ1) is 12.7. The predicted molar refractivity (Wildman–Crippen MR) is 77.2 cm³/mol. The van der Waals surface area contributed by atoms with Crippen LogP contribution >= 0.6 is 0 Å². The number of hydrogen-bond donors (Lipinski definition) is 2. The van der Waals surface area contributed by atoms with Gasteiger partial charge in [-0.05, 0) is 12.5 Å². The molecule has 0 aliphatic carbocycles. The highest BCUT2D eigenvalue weighted by molar-refractivity contribution is 5.72. The number of fused-ring (bicyclic) bond motifs is 1. The van der Waals surface area contributed by atoms with Crippen molar-refractivity contribution in [1.29, 1.82) is 0 Å². The van der Waals surface area contributed by atoms with Crippen molar-refractivity contribution in [3.63, 3.8) is 0 Å². The zero-order valence-electron chi connectivity index (χ0n) is 11.2. The summed E-state index contributed by atoms with van der Waals surface area (Å²) < 4.78 is 13.0. The Kier molecular flexibility index (Phi) is 3.62. The highest BCUT2D eigenvalue weighted by Gasteiger charge is 2.14. The molecule has 6 nitrogen and oxygen atoms in total. The van der Waals surface area contributed by atoms with E-state index >= 15 is 0 Å². The molecule has 0 unspecified atom stereocenters. The van der Waals surface area contributed by atoms with Crippen LogP contribution in [0.2, 0.25) is 0 Å². The number of nitrogens with two attached hydrogens (primary N) is 1. The Labute approximate surface area is 117 Å². The molecular formula is C14H18N4O2. The van der Waals surface area contributed by atoms with Crippen LogP contribution in [0.5, 0.6) is 11.5 Å². The lowest BCUT2D eigenvalue weighted by atomic mass is 10.2. The van der Waals surface area contributed by atoms with Gasteiger partial charge in [-0.25, -0.2) is 0 Å². The third kappa shape index (κ3) is 2.79. The fraction of sp³-hybridized carbons (Fsp3) is 0.357. The second-order valence-electron chi connectivity index (χ2n) is 4.63. The summed E-state index contributed by atoms with van der Waals surface area (Å²) in [6, 6.07) is 5.63. The Balaban J connectivity index is 1.57. The molecule has 0 atom stereocenters. The molecule has 0 fully saturated rings. The van der Waals surface area contributed by atoms with Crippen molar-refractivity contribution in [2.75, 3.05) is 30.8 Å². The maximum absolute atomic E-state index is 6.01. The van der Waals surface area contributed by atoms with Crippen LogP contribution in [0.3, 0.4) is 0 Å². The summed E-state index contributed by atoms with van der Waals surface area (Å²) in [6.07, 6.45) is 4.71. The number of benzene rings is 1. The van der Waals surface area contributed by atoms with Gasteiger partial charge in [-0.15, -0.1) is 0 Å². The van der Waals surface area contributed by atoms with Crippen LogP contribution in [0.15, 0.2) is 30.6 Å². The molecule has 0 radical (unpaired) electrons. The van der Waals surface area contributed by atoms with Gasteiger partial charge in [0.25, 0.3) is 0 Å². The lowest BCUT2D eigenvalue weighted by molar-refractivity contribution is 0.172. The van der Waals surface area contributed by atoms with Crippen molar-refractivity contribution in [2.24, 2.45) is 0 Å². The summed E-state index contributed by atoms with van der Waals surface area (Å²) >= 11 is 0. The van der Waals surface area contributed by atoms with E-state index in [1.807, 2.05) is 29.1 Å². The van der Waals surface area contributed by atoms with Gasteiger partial charge in [-0.3, -0.25) is 4.68 Å². The minimum atomic E-state index is 0.573. The van der Waals surface area contributed by atoms with E-state index in [1.165, 1.54) is 0 Å². The quantitative estimate of drug-likeness (QED) is 0.641. The highest BCUT2D eigenvalue weighted by Crippen LogP contribution is 2.36. The molecule has 1 aliphatic heterocycles. The standard InChI is InChI=1S/C14H18N4O2/c15-11-9-13-14(20-8-7-19-13)10-12(11)16-3-1-5-18-6-2-4-17-18/h2,4,6,9-10,16H,1,3,5,7-8,15H2. The van der Waals surface area contributed by atoms with Crippen LogP contribution in [0.4, 0.5) is 11.4 Å². The van der Waals surface area contributed by atoms with Crippen molar-refractivity contribution >= 4 is 11.4 Å². The monoisotopic (exact) mass is 274 g/mol. The van der Waals surface area contributed by atoms with Crippen LogP contribution in [0.25, 0.3) is 0 Å². The maximum atomic E-state index is 6.01. The average molecular weight is 274 g/mol. The summed E-state index contributed by atoms with van der Waals surface area (Å²) in [5.41, 5.74) is 7.56. The summed E-state index contributed by atoms with van der Waals surface area (Å²) in [5.74, 6) is 1.47. The first-order valence-corrected chi connectivity index (χ1v) is 6.73. The van der Waals surface area contributed by atoms with E-state index in [0.29, 0.717) is 18.9 Å². The summed E-state index contributed by atoms with van der Waals surface area (Å²) in [6.45, 7) is 2.85. The third-order valence-corrected chi connectivity index (χ3v) is 3.15. The van der Waals surface area contributed by atoms with Gasteiger partial charge in [0.1, 0.15) is 13.2 Å². The van der Waals surface area contributed by atoms with Crippen molar-refractivity contribution < 1.29 is 9.47 Å². The average Bonchev–Trinajstić information content (AvgIpc) is 2.97. The zero-order valence-corrected chi connectivity index (χ0v) is 11.2. The topological polar surface area (TPSA) is 74.3 Å². The first-order valence-electron chi connectivity index (χ1n) is 6.73. The molecule has 0 bridgehead atoms. The van der Waals surface area contributed by atoms with Gasteiger partial charge in [0.05, 0.1) is 11.4 Å². The van der Waals surface area contributed by atoms with E-state index in [-0.39, 0.29) is 0 Å². The Morgan fingerprint density at radius 1 is 1.25 bits per heavy atom. The smallest absolute Gasteiger partial charge is 0.163 e. The molecule has 106 valence electrons. The van der Waals surface area contributed by atoms with Gasteiger partial charge in [0, 0.05) is 37.6 Å². The van der Waals surface area contributed by atoms with Crippen LogP contribution in [0.1, 0.15) is 6.42 Å². The van der Waals surface area contributed by atoms with E-state index in [4.69, 9.17) is 15.2 Å². The largest absolute Gasteiger partial charge is 0.486 e. The number of nitrogens with zero attached hydrogens (tertiary/aromatic N) is 2. The number of rotatable bonds is 5. The van der Waals surface area contributed by atoms with E-state index in [0.717, 1.165) is 36.7 Å². The second kappa shape index (κ2) is 5.73. The number of anilines is 2. The molecule has 1 aliphatic rings. The van der Waals surface area contributed by atoms with Crippen LogP contribution in [-0.2, 0) is 6.54 Å². The number of hydrogen-bond acceptors (Lipinski definition) is 5. The van der Waals surface area contributed by atoms with Gasteiger partial charge in [-0.2, -0.15) is 5.10 Å². The minimum Gasteiger partial charge on any atom is -0.486 e. The van der Waals surface area contributed by atoms with Crippen LogP contribution < -0.4 is 20.5 Å². The molecule has 6 heteroatoms. The van der Waals surface area contributed by atoms with E-state index < -0.39 is 0 Å². The minimum absolute atomic E-state index is 0.573. The Morgan fingerprint density at radius 3 is 2.80 bits per heavy atom. The molecular weight excluding hydrogens is 256 g/mol. The van der Waals surface area contributed by atoms with Crippen molar-refractivity contribution in [1.82, 2.24) is 9.78 Å². The SMILES string of the molecule is Nc1cc2c(cc1NCCCn1cccn1)OCCO2. The fourth-order valence-corrected chi connectivity index (χ4v) is 2.15. The number of aryl methyl sites for hydroxylation is 1.